The summed E-state index contributed by atoms with van der Waals surface area (Å²) in [7, 11) is 0. The fourth-order valence-electron chi connectivity index (χ4n) is 1.70. The second kappa shape index (κ2) is 3.55. The Bertz CT molecular complexity index is 444. The number of fused-ring (bicyclic) bond motifs is 1. The maximum atomic E-state index is 11.2. The topological polar surface area (TPSA) is 66.4 Å². The molecule has 5 heteroatoms. The number of hydrogen-bond donors (Lipinski definition) is 2. The minimum Gasteiger partial charge on any atom is -0.481 e. The van der Waals surface area contributed by atoms with Gasteiger partial charge < -0.3 is 10.4 Å². The van der Waals surface area contributed by atoms with Crippen LogP contribution >= 0.6 is 11.6 Å². The first-order chi connectivity index (χ1) is 7.09. The predicted molar refractivity (Wildman–Crippen MR) is 55.1 cm³/mol. The van der Waals surface area contributed by atoms with Crippen LogP contribution in [-0.4, -0.2) is 17.0 Å². The number of carbonyl (C=O) groups excluding carboxylic acids is 1. The molecule has 1 aliphatic heterocycles. The lowest BCUT2D eigenvalue weighted by molar-refractivity contribution is -0.140. The van der Waals surface area contributed by atoms with Crippen LogP contribution in [0.25, 0.3) is 0 Å². The number of carboxylic acids is 1. The van der Waals surface area contributed by atoms with E-state index < -0.39 is 11.9 Å². The molecule has 1 aliphatic rings. The average molecular weight is 226 g/mol. The van der Waals surface area contributed by atoms with Gasteiger partial charge in [0.2, 0.25) is 5.91 Å². The van der Waals surface area contributed by atoms with Gasteiger partial charge in [-0.2, -0.15) is 0 Å². The first-order valence-electron chi connectivity index (χ1n) is 4.40. The summed E-state index contributed by atoms with van der Waals surface area (Å²) in [5.74, 6) is -2.17. The van der Waals surface area contributed by atoms with E-state index in [1.165, 1.54) is 0 Å². The lowest BCUT2D eigenvalue weighted by Gasteiger charge is -2.23. The van der Waals surface area contributed by atoms with Crippen LogP contribution in [0.5, 0.6) is 0 Å². The summed E-state index contributed by atoms with van der Waals surface area (Å²) in [6.07, 6.45) is -0.0634. The molecule has 0 aromatic heterocycles. The zero-order valence-electron chi connectivity index (χ0n) is 7.66. The fraction of sp³-hybridized carbons (Fsp3) is 0.200. The van der Waals surface area contributed by atoms with Crippen LogP contribution in [-0.2, 0) is 9.59 Å². The summed E-state index contributed by atoms with van der Waals surface area (Å²) < 4.78 is 0. The third kappa shape index (κ3) is 1.68. The Balaban J connectivity index is 2.57. The SMILES string of the molecule is O=C1CC(C(=O)O)c2c(Cl)cccc2N1. The summed E-state index contributed by atoms with van der Waals surface area (Å²) in [6.45, 7) is 0. The monoisotopic (exact) mass is 225 g/mol. The number of benzene rings is 1. The highest BCUT2D eigenvalue weighted by Gasteiger charge is 2.32. The molecule has 1 unspecified atom stereocenters. The van der Waals surface area contributed by atoms with E-state index in [-0.39, 0.29) is 12.3 Å². The van der Waals surface area contributed by atoms with Crippen molar-refractivity contribution in [1.82, 2.24) is 0 Å². The smallest absolute Gasteiger partial charge is 0.311 e. The number of carboxylic acid groups (broad SMARTS) is 1. The van der Waals surface area contributed by atoms with Crippen molar-refractivity contribution in [3.05, 3.63) is 28.8 Å². The van der Waals surface area contributed by atoms with Crippen molar-refractivity contribution in [2.45, 2.75) is 12.3 Å². The predicted octanol–water partition coefficient (Wildman–Crippen LogP) is 1.85. The number of hydrogen-bond acceptors (Lipinski definition) is 2. The highest BCUT2D eigenvalue weighted by Crippen LogP contribution is 2.37. The zero-order chi connectivity index (χ0) is 11.0. The van der Waals surface area contributed by atoms with Gasteiger partial charge in [0.05, 0.1) is 5.92 Å². The van der Waals surface area contributed by atoms with Gasteiger partial charge in [0.25, 0.3) is 0 Å². The number of aliphatic carboxylic acids is 1. The van der Waals surface area contributed by atoms with Gasteiger partial charge in [-0.1, -0.05) is 17.7 Å². The Hall–Kier alpha value is -1.55. The van der Waals surface area contributed by atoms with Crippen LogP contribution in [0.1, 0.15) is 17.9 Å². The van der Waals surface area contributed by atoms with Crippen molar-refractivity contribution in [2.24, 2.45) is 0 Å². The number of anilines is 1. The van der Waals surface area contributed by atoms with E-state index in [9.17, 15) is 9.59 Å². The van der Waals surface area contributed by atoms with E-state index in [4.69, 9.17) is 16.7 Å². The van der Waals surface area contributed by atoms with Crippen LogP contribution in [0.4, 0.5) is 5.69 Å². The molecule has 1 atom stereocenters. The standard InChI is InChI=1S/C10H8ClNO3/c11-6-2-1-3-7-9(6)5(10(14)15)4-8(13)12-7/h1-3,5H,4H2,(H,12,13)(H,14,15). The molecule has 4 nitrogen and oxygen atoms in total. The van der Waals surface area contributed by atoms with Crippen LogP contribution in [0, 0.1) is 0 Å². The minimum atomic E-state index is -1.03. The zero-order valence-corrected chi connectivity index (χ0v) is 8.41. The Morgan fingerprint density at radius 1 is 1.53 bits per heavy atom. The van der Waals surface area contributed by atoms with Gasteiger partial charge in [-0.25, -0.2) is 0 Å². The number of rotatable bonds is 1. The molecule has 0 radical (unpaired) electrons. The van der Waals surface area contributed by atoms with Gasteiger partial charge in [0.1, 0.15) is 0 Å². The van der Waals surface area contributed by atoms with Crippen molar-refractivity contribution in [2.75, 3.05) is 5.32 Å². The largest absolute Gasteiger partial charge is 0.481 e. The molecule has 0 bridgehead atoms. The molecule has 78 valence electrons. The summed E-state index contributed by atoms with van der Waals surface area (Å²) in [6, 6.07) is 4.94. The molecular formula is C10H8ClNO3. The second-order valence-corrected chi connectivity index (χ2v) is 3.75. The van der Waals surface area contributed by atoms with Crippen molar-refractivity contribution in [3.8, 4) is 0 Å². The van der Waals surface area contributed by atoms with Crippen molar-refractivity contribution >= 4 is 29.2 Å². The Labute approximate surface area is 90.9 Å². The van der Waals surface area contributed by atoms with Gasteiger partial charge in [0, 0.05) is 22.7 Å². The maximum Gasteiger partial charge on any atom is 0.311 e. The van der Waals surface area contributed by atoms with E-state index in [0.29, 0.717) is 16.3 Å². The molecule has 1 aromatic rings. The van der Waals surface area contributed by atoms with Crippen LogP contribution in [0.15, 0.2) is 18.2 Å². The van der Waals surface area contributed by atoms with Crippen molar-refractivity contribution in [3.63, 3.8) is 0 Å². The molecule has 1 aromatic carbocycles. The third-order valence-corrected chi connectivity index (χ3v) is 2.69. The summed E-state index contributed by atoms with van der Waals surface area (Å²) >= 11 is 5.91. The highest BCUT2D eigenvalue weighted by atomic mass is 35.5. The molecule has 0 saturated carbocycles. The van der Waals surface area contributed by atoms with Crippen molar-refractivity contribution in [1.29, 1.82) is 0 Å². The lowest BCUT2D eigenvalue weighted by Crippen LogP contribution is -2.27. The molecule has 0 fully saturated rings. The van der Waals surface area contributed by atoms with E-state index in [1.807, 2.05) is 0 Å². The van der Waals surface area contributed by atoms with Crippen LogP contribution in [0.2, 0.25) is 5.02 Å². The van der Waals surface area contributed by atoms with Gasteiger partial charge in [-0.05, 0) is 12.1 Å². The number of amides is 1. The third-order valence-electron chi connectivity index (χ3n) is 2.36. The van der Waals surface area contributed by atoms with E-state index in [1.54, 1.807) is 18.2 Å². The first kappa shape index (κ1) is 9.98. The number of halogens is 1. The molecular weight excluding hydrogens is 218 g/mol. The van der Waals surface area contributed by atoms with E-state index >= 15 is 0 Å². The van der Waals surface area contributed by atoms with Gasteiger partial charge in [-0.3, -0.25) is 9.59 Å². The molecule has 0 saturated heterocycles. The Kier molecular flexibility index (Phi) is 2.36. The van der Waals surface area contributed by atoms with E-state index in [0.717, 1.165) is 0 Å². The Morgan fingerprint density at radius 3 is 2.93 bits per heavy atom. The highest BCUT2D eigenvalue weighted by molar-refractivity contribution is 6.32. The molecule has 0 aliphatic carbocycles. The van der Waals surface area contributed by atoms with E-state index in [2.05, 4.69) is 5.32 Å². The minimum absolute atomic E-state index is 0.0634. The molecule has 1 heterocycles. The first-order valence-corrected chi connectivity index (χ1v) is 4.78. The maximum absolute atomic E-state index is 11.2. The molecule has 15 heavy (non-hydrogen) atoms. The van der Waals surface area contributed by atoms with Crippen LogP contribution < -0.4 is 5.32 Å². The molecule has 1 amide bonds. The van der Waals surface area contributed by atoms with Crippen molar-refractivity contribution < 1.29 is 14.7 Å². The van der Waals surface area contributed by atoms with Gasteiger partial charge >= 0.3 is 5.97 Å². The van der Waals surface area contributed by atoms with Crippen LogP contribution in [0.3, 0.4) is 0 Å². The Morgan fingerprint density at radius 2 is 2.27 bits per heavy atom. The lowest BCUT2D eigenvalue weighted by atomic mass is 9.91. The average Bonchev–Trinajstić information content (AvgIpc) is 2.16. The van der Waals surface area contributed by atoms with Gasteiger partial charge in [-0.15, -0.1) is 0 Å². The quantitative estimate of drug-likeness (QED) is 0.767. The normalized spacial score (nSPS) is 19.3. The molecule has 0 spiro atoms. The second-order valence-electron chi connectivity index (χ2n) is 3.34. The summed E-state index contributed by atoms with van der Waals surface area (Å²) in [4.78, 5) is 22.2. The molecule has 2 rings (SSSR count). The fourth-order valence-corrected chi connectivity index (χ4v) is 2.01. The number of carbonyl (C=O) groups is 2. The number of nitrogens with one attached hydrogen (secondary N) is 1. The summed E-state index contributed by atoms with van der Waals surface area (Å²) in [5.41, 5.74) is 0.984. The molecule has 2 N–H and O–H groups in total. The van der Waals surface area contributed by atoms with Gasteiger partial charge in [0.15, 0.2) is 0 Å². The summed E-state index contributed by atoms with van der Waals surface area (Å²) in [5, 5.41) is 12.0.